The van der Waals surface area contributed by atoms with E-state index < -0.39 is 0 Å². The van der Waals surface area contributed by atoms with E-state index in [0.717, 1.165) is 0 Å². The monoisotopic (exact) mass is 174 g/mol. The van der Waals surface area contributed by atoms with Gasteiger partial charge in [-0.2, -0.15) is 0 Å². The highest BCUT2D eigenvalue weighted by Crippen LogP contribution is 2.11. The van der Waals surface area contributed by atoms with Gasteiger partial charge in [0.05, 0.1) is 0 Å². The van der Waals surface area contributed by atoms with E-state index in [1.807, 2.05) is 44.2 Å². The molecule has 0 aliphatic heterocycles. The zero-order valence-corrected chi connectivity index (χ0v) is 8.75. The maximum atomic E-state index is 3.69. The Balaban J connectivity index is 4.74. The quantitative estimate of drug-likeness (QED) is 0.560. The number of allylic oxidation sites excluding steroid dienone is 9. The van der Waals surface area contributed by atoms with Gasteiger partial charge in [0.25, 0.3) is 0 Å². The Labute approximate surface area is 81.7 Å². The lowest BCUT2D eigenvalue weighted by molar-refractivity contribution is 1.42. The van der Waals surface area contributed by atoms with Crippen molar-refractivity contribution in [1.82, 2.24) is 0 Å². The van der Waals surface area contributed by atoms with E-state index in [0.29, 0.717) is 0 Å². The average molecular weight is 174 g/mol. The molecule has 0 rings (SSSR count). The second-order valence-corrected chi connectivity index (χ2v) is 2.73. The molecular weight excluding hydrogens is 156 g/mol. The fourth-order valence-electron chi connectivity index (χ4n) is 0.962. The summed E-state index contributed by atoms with van der Waals surface area (Å²) in [6.07, 6.45) is 14.1. The summed E-state index contributed by atoms with van der Waals surface area (Å²) in [5.74, 6) is 0. The second kappa shape index (κ2) is 7.35. The maximum absolute atomic E-state index is 3.69. The van der Waals surface area contributed by atoms with E-state index in [4.69, 9.17) is 0 Å². The maximum Gasteiger partial charge on any atom is -0.0231 e. The lowest BCUT2D eigenvalue weighted by atomic mass is 10.1. The van der Waals surface area contributed by atoms with E-state index >= 15 is 0 Å². The van der Waals surface area contributed by atoms with Crippen LogP contribution in [-0.2, 0) is 0 Å². The van der Waals surface area contributed by atoms with Gasteiger partial charge >= 0.3 is 0 Å². The van der Waals surface area contributed by atoms with Crippen LogP contribution < -0.4 is 0 Å². The summed E-state index contributed by atoms with van der Waals surface area (Å²) < 4.78 is 0. The zero-order valence-electron chi connectivity index (χ0n) is 8.75. The molecule has 0 spiro atoms. The summed E-state index contributed by atoms with van der Waals surface area (Å²) in [5, 5.41) is 0. The van der Waals surface area contributed by atoms with Gasteiger partial charge in [-0.25, -0.2) is 0 Å². The number of hydrogen-bond acceptors (Lipinski definition) is 0. The first-order chi connectivity index (χ1) is 6.26. The molecule has 0 saturated heterocycles. The SMILES string of the molecule is C=C/C=C(\C=C/C)C(/C)=C\C=C/C. The van der Waals surface area contributed by atoms with Gasteiger partial charge in [0.1, 0.15) is 0 Å². The van der Waals surface area contributed by atoms with Crippen LogP contribution in [0.3, 0.4) is 0 Å². The summed E-state index contributed by atoms with van der Waals surface area (Å²) in [6.45, 7) is 9.81. The van der Waals surface area contributed by atoms with Crippen molar-refractivity contribution in [3.05, 3.63) is 60.3 Å². The van der Waals surface area contributed by atoms with Crippen molar-refractivity contribution in [2.75, 3.05) is 0 Å². The van der Waals surface area contributed by atoms with Crippen LogP contribution in [0.5, 0.6) is 0 Å². The van der Waals surface area contributed by atoms with Crippen molar-refractivity contribution in [3.8, 4) is 0 Å². The first-order valence-electron chi connectivity index (χ1n) is 4.51. The van der Waals surface area contributed by atoms with Crippen molar-refractivity contribution in [3.63, 3.8) is 0 Å². The normalized spacial score (nSPS) is 14.4. The molecule has 0 atom stereocenters. The fourth-order valence-corrected chi connectivity index (χ4v) is 0.962. The molecule has 0 fully saturated rings. The Morgan fingerprint density at radius 2 is 1.77 bits per heavy atom. The summed E-state index contributed by atoms with van der Waals surface area (Å²) in [7, 11) is 0. The highest BCUT2D eigenvalue weighted by molar-refractivity contribution is 5.41. The molecule has 0 aliphatic rings. The highest BCUT2D eigenvalue weighted by atomic mass is 14.0. The molecule has 0 aromatic carbocycles. The van der Waals surface area contributed by atoms with E-state index in [1.165, 1.54) is 11.1 Å². The molecule has 0 aromatic heterocycles. The minimum atomic E-state index is 1.20. The molecule has 0 heteroatoms. The van der Waals surface area contributed by atoms with Gasteiger partial charge in [-0.3, -0.25) is 0 Å². The Morgan fingerprint density at radius 1 is 1.08 bits per heavy atom. The van der Waals surface area contributed by atoms with Gasteiger partial charge in [0.15, 0.2) is 0 Å². The van der Waals surface area contributed by atoms with Crippen LogP contribution >= 0.6 is 0 Å². The van der Waals surface area contributed by atoms with Crippen LogP contribution in [0.15, 0.2) is 60.3 Å². The zero-order chi connectivity index (χ0) is 10.1. The van der Waals surface area contributed by atoms with Crippen molar-refractivity contribution in [1.29, 1.82) is 0 Å². The molecule has 0 saturated carbocycles. The van der Waals surface area contributed by atoms with Crippen LogP contribution in [0.25, 0.3) is 0 Å². The van der Waals surface area contributed by atoms with Crippen molar-refractivity contribution in [2.24, 2.45) is 0 Å². The van der Waals surface area contributed by atoms with E-state index in [2.05, 4.69) is 25.7 Å². The van der Waals surface area contributed by atoms with Crippen LogP contribution in [0.4, 0.5) is 0 Å². The highest BCUT2D eigenvalue weighted by Gasteiger charge is 1.91. The van der Waals surface area contributed by atoms with Crippen molar-refractivity contribution < 1.29 is 0 Å². The molecule has 0 aliphatic carbocycles. The Hall–Kier alpha value is -1.30. The third kappa shape index (κ3) is 5.02. The molecule has 0 heterocycles. The standard InChI is InChI=1S/C13H18/c1-5-8-11-12(4)13(9-6-2)10-7-3/h5-11H,2H2,1,3-4H3/b8-5-,10-7-,12-11-,13-9+. The van der Waals surface area contributed by atoms with Crippen LogP contribution in [0, 0.1) is 0 Å². The van der Waals surface area contributed by atoms with Gasteiger partial charge in [-0.05, 0) is 31.9 Å². The number of rotatable bonds is 4. The molecule has 0 aromatic rings. The van der Waals surface area contributed by atoms with Gasteiger partial charge in [-0.1, -0.05) is 49.1 Å². The second-order valence-electron chi connectivity index (χ2n) is 2.73. The van der Waals surface area contributed by atoms with Crippen molar-refractivity contribution >= 4 is 0 Å². The fraction of sp³-hybridized carbons (Fsp3) is 0.231. The predicted octanol–water partition coefficient (Wildman–Crippen LogP) is 4.20. The van der Waals surface area contributed by atoms with E-state index in [-0.39, 0.29) is 0 Å². The largest absolute Gasteiger partial charge is 0.0990 e. The molecule has 0 bridgehead atoms. The molecule has 0 N–H and O–H groups in total. The predicted molar refractivity (Wildman–Crippen MR) is 61.7 cm³/mol. The lowest BCUT2D eigenvalue weighted by Crippen LogP contribution is -1.79. The van der Waals surface area contributed by atoms with Crippen LogP contribution in [0.2, 0.25) is 0 Å². The summed E-state index contributed by atoms with van der Waals surface area (Å²) in [4.78, 5) is 0. The van der Waals surface area contributed by atoms with E-state index in [9.17, 15) is 0 Å². The first kappa shape index (κ1) is 11.7. The third-order valence-electron chi connectivity index (χ3n) is 1.64. The minimum Gasteiger partial charge on any atom is -0.0990 e. The van der Waals surface area contributed by atoms with Crippen LogP contribution in [-0.4, -0.2) is 0 Å². The first-order valence-corrected chi connectivity index (χ1v) is 4.51. The molecular formula is C13H18. The van der Waals surface area contributed by atoms with Gasteiger partial charge < -0.3 is 0 Å². The summed E-state index contributed by atoms with van der Waals surface area (Å²) in [6, 6.07) is 0. The van der Waals surface area contributed by atoms with Gasteiger partial charge in [0, 0.05) is 0 Å². The van der Waals surface area contributed by atoms with Gasteiger partial charge in [0.2, 0.25) is 0 Å². The Morgan fingerprint density at radius 3 is 2.23 bits per heavy atom. The lowest BCUT2D eigenvalue weighted by Gasteiger charge is -1.99. The van der Waals surface area contributed by atoms with Gasteiger partial charge in [-0.15, -0.1) is 0 Å². The molecule has 0 radical (unpaired) electrons. The summed E-state index contributed by atoms with van der Waals surface area (Å²) in [5.41, 5.74) is 2.45. The molecule has 0 unspecified atom stereocenters. The van der Waals surface area contributed by atoms with Crippen molar-refractivity contribution in [2.45, 2.75) is 20.8 Å². The smallest absolute Gasteiger partial charge is 0.0231 e. The molecule has 70 valence electrons. The third-order valence-corrected chi connectivity index (χ3v) is 1.64. The van der Waals surface area contributed by atoms with E-state index in [1.54, 1.807) is 0 Å². The Kier molecular flexibility index (Phi) is 6.62. The minimum absolute atomic E-state index is 1.20. The average Bonchev–Trinajstić information content (AvgIpc) is 2.14. The number of hydrogen-bond donors (Lipinski definition) is 0. The topological polar surface area (TPSA) is 0 Å². The molecule has 0 nitrogen and oxygen atoms in total. The summed E-state index contributed by atoms with van der Waals surface area (Å²) >= 11 is 0. The Bertz CT molecular complexity index is 260. The molecule has 13 heavy (non-hydrogen) atoms. The van der Waals surface area contributed by atoms with Crippen LogP contribution in [0.1, 0.15) is 20.8 Å². The molecule has 0 amide bonds.